The van der Waals surface area contributed by atoms with Gasteiger partial charge in [-0.15, -0.1) is 10.2 Å². The maximum Gasteiger partial charge on any atom is 0.150 e. The van der Waals surface area contributed by atoms with E-state index in [-0.39, 0.29) is 0 Å². The molecule has 5 heteroatoms. The lowest BCUT2D eigenvalue weighted by Crippen LogP contribution is -1.86. The highest BCUT2D eigenvalue weighted by molar-refractivity contribution is 7.18. The number of nitrogens with one attached hydrogen (secondary N) is 1. The summed E-state index contributed by atoms with van der Waals surface area (Å²) in [4.78, 5) is 3.56. The van der Waals surface area contributed by atoms with Crippen LogP contribution in [0.3, 0.4) is 0 Å². The van der Waals surface area contributed by atoms with Gasteiger partial charge in [0, 0.05) is 33.8 Å². The van der Waals surface area contributed by atoms with Crippen molar-refractivity contribution in [2.45, 2.75) is 13.3 Å². The molecule has 0 fully saturated rings. The van der Waals surface area contributed by atoms with Crippen LogP contribution in [-0.2, 0) is 6.42 Å². The smallest absolute Gasteiger partial charge is 0.150 e. The summed E-state index contributed by atoms with van der Waals surface area (Å²) in [7, 11) is 0. The number of fused-ring (bicyclic) bond motifs is 3. The Morgan fingerprint density at radius 1 is 1.00 bits per heavy atom. The molecule has 25 heavy (non-hydrogen) atoms. The molecule has 1 N–H and O–H groups in total. The van der Waals surface area contributed by atoms with Crippen LogP contribution < -0.4 is 0 Å². The van der Waals surface area contributed by atoms with Gasteiger partial charge < -0.3 is 4.98 Å². The first-order valence-electron chi connectivity index (χ1n) is 8.10. The van der Waals surface area contributed by atoms with E-state index in [4.69, 9.17) is 11.6 Å². The van der Waals surface area contributed by atoms with Gasteiger partial charge in [-0.25, -0.2) is 0 Å². The lowest BCUT2D eigenvalue weighted by Gasteiger charge is -2.00. The molecule has 2 heterocycles. The standard InChI is InChI=1S/C20H14ClN3S/c1-11-17(16-10-13-4-2-3-5-15(13)18(16)22-11)20-24-23-19(25-20)12-6-8-14(21)9-7-12/h2-9,22H,10H2,1H3. The average molecular weight is 364 g/mol. The van der Waals surface area contributed by atoms with Crippen molar-refractivity contribution in [2.75, 3.05) is 0 Å². The molecule has 0 radical (unpaired) electrons. The number of aromatic amines is 1. The van der Waals surface area contributed by atoms with Gasteiger partial charge in [0.25, 0.3) is 0 Å². The topological polar surface area (TPSA) is 41.6 Å². The van der Waals surface area contributed by atoms with Crippen LogP contribution in [0.15, 0.2) is 48.5 Å². The maximum atomic E-state index is 5.98. The number of H-pyrrole nitrogens is 1. The number of halogens is 1. The maximum absolute atomic E-state index is 5.98. The summed E-state index contributed by atoms with van der Waals surface area (Å²) in [5.74, 6) is 0. The quantitative estimate of drug-likeness (QED) is 0.435. The lowest BCUT2D eigenvalue weighted by molar-refractivity contribution is 1.09. The average Bonchev–Trinajstić information content (AvgIpc) is 3.29. The molecule has 2 aromatic carbocycles. The van der Waals surface area contributed by atoms with E-state index in [1.165, 1.54) is 27.9 Å². The van der Waals surface area contributed by atoms with E-state index in [1.54, 1.807) is 11.3 Å². The van der Waals surface area contributed by atoms with E-state index in [0.717, 1.165) is 32.7 Å². The number of aromatic nitrogens is 3. The highest BCUT2D eigenvalue weighted by atomic mass is 35.5. The summed E-state index contributed by atoms with van der Waals surface area (Å²) < 4.78 is 0. The van der Waals surface area contributed by atoms with Gasteiger partial charge in [0.15, 0.2) is 0 Å². The van der Waals surface area contributed by atoms with Crippen LogP contribution >= 0.6 is 22.9 Å². The summed E-state index contributed by atoms with van der Waals surface area (Å²) in [5.41, 5.74) is 8.62. The van der Waals surface area contributed by atoms with Crippen molar-refractivity contribution in [3.05, 3.63) is 70.4 Å². The van der Waals surface area contributed by atoms with Crippen molar-refractivity contribution in [3.8, 4) is 32.4 Å². The molecule has 0 saturated carbocycles. The number of nitrogens with zero attached hydrogens (tertiary/aromatic N) is 2. The zero-order chi connectivity index (χ0) is 17.0. The van der Waals surface area contributed by atoms with Gasteiger partial charge in [0.05, 0.1) is 5.69 Å². The fourth-order valence-electron chi connectivity index (χ4n) is 3.52. The van der Waals surface area contributed by atoms with Crippen LogP contribution in [0.25, 0.3) is 32.4 Å². The molecule has 0 aliphatic heterocycles. The Balaban J connectivity index is 1.60. The normalized spacial score (nSPS) is 12.2. The molecule has 0 bridgehead atoms. The molecule has 0 atom stereocenters. The first-order valence-corrected chi connectivity index (χ1v) is 9.29. The van der Waals surface area contributed by atoms with Gasteiger partial charge in [-0.1, -0.05) is 59.3 Å². The molecule has 0 spiro atoms. The van der Waals surface area contributed by atoms with Crippen LogP contribution in [0.2, 0.25) is 5.02 Å². The SMILES string of the molecule is Cc1[nH]c2c(c1-c1nnc(-c3ccc(Cl)cc3)s1)Cc1ccccc1-2. The number of benzene rings is 2. The van der Waals surface area contributed by atoms with E-state index in [2.05, 4.69) is 46.4 Å². The minimum atomic E-state index is 0.727. The van der Waals surface area contributed by atoms with Crippen molar-refractivity contribution in [3.63, 3.8) is 0 Å². The van der Waals surface area contributed by atoms with Gasteiger partial charge in [-0.2, -0.15) is 0 Å². The second kappa shape index (κ2) is 5.55. The summed E-state index contributed by atoms with van der Waals surface area (Å²) >= 11 is 7.60. The van der Waals surface area contributed by atoms with Gasteiger partial charge in [0.1, 0.15) is 10.0 Å². The molecule has 4 aromatic rings. The minimum Gasteiger partial charge on any atom is -0.358 e. The molecule has 0 unspecified atom stereocenters. The Kier molecular flexibility index (Phi) is 3.30. The third-order valence-electron chi connectivity index (χ3n) is 4.68. The summed E-state index contributed by atoms with van der Waals surface area (Å²) in [6.45, 7) is 2.11. The molecule has 3 nitrogen and oxygen atoms in total. The minimum absolute atomic E-state index is 0.727. The summed E-state index contributed by atoms with van der Waals surface area (Å²) in [5, 5.41) is 11.5. The van der Waals surface area contributed by atoms with Gasteiger partial charge in [-0.05, 0) is 30.2 Å². The van der Waals surface area contributed by atoms with E-state index in [9.17, 15) is 0 Å². The van der Waals surface area contributed by atoms with Gasteiger partial charge in [-0.3, -0.25) is 0 Å². The first-order chi connectivity index (χ1) is 12.2. The van der Waals surface area contributed by atoms with Crippen LogP contribution in [-0.4, -0.2) is 15.2 Å². The number of aryl methyl sites for hydroxylation is 1. The van der Waals surface area contributed by atoms with Crippen molar-refractivity contribution < 1.29 is 0 Å². The second-order valence-corrected chi connectivity index (χ2v) is 7.65. The Hall–Kier alpha value is -2.43. The molecule has 5 rings (SSSR count). The molecular weight excluding hydrogens is 350 g/mol. The highest BCUT2D eigenvalue weighted by Crippen LogP contribution is 2.44. The summed E-state index contributed by atoms with van der Waals surface area (Å²) in [6.07, 6.45) is 0.945. The fraction of sp³-hybridized carbons (Fsp3) is 0.100. The molecule has 1 aliphatic carbocycles. The fourth-order valence-corrected chi connectivity index (χ4v) is 4.62. The Labute approximate surface area is 154 Å². The van der Waals surface area contributed by atoms with Crippen molar-refractivity contribution >= 4 is 22.9 Å². The van der Waals surface area contributed by atoms with Crippen molar-refractivity contribution in [1.29, 1.82) is 0 Å². The molecule has 2 aromatic heterocycles. The Bertz CT molecular complexity index is 1090. The molecule has 1 aliphatic rings. The molecule has 122 valence electrons. The largest absolute Gasteiger partial charge is 0.358 e. The predicted octanol–water partition coefficient (Wildman–Crippen LogP) is 5.73. The van der Waals surface area contributed by atoms with E-state index in [0.29, 0.717) is 0 Å². The third-order valence-corrected chi connectivity index (χ3v) is 5.92. The van der Waals surface area contributed by atoms with Crippen LogP contribution in [0.1, 0.15) is 16.8 Å². The molecule has 0 amide bonds. The van der Waals surface area contributed by atoms with Crippen LogP contribution in [0, 0.1) is 6.92 Å². The first kappa shape index (κ1) is 14.9. The Morgan fingerprint density at radius 3 is 2.60 bits per heavy atom. The van der Waals surface area contributed by atoms with E-state index in [1.807, 2.05) is 24.3 Å². The zero-order valence-corrected chi connectivity index (χ0v) is 15.1. The van der Waals surface area contributed by atoms with Gasteiger partial charge >= 0.3 is 0 Å². The predicted molar refractivity (Wildman–Crippen MR) is 103 cm³/mol. The third kappa shape index (κ3) is 2.33. The number of rotatable bonds is 2. The zero-order valence-electron chi connectivity index (χ0n) is 13.5. The number of hydrogen-bond acceptors (Lipinski definition) is 3. The van der Waals surface area contributed by atoms with Crippen LogP contribution in [0.4, 0.5) is 0 Å². The van der Waals surface area contributed by atoms with Crippen molar-refractivity contribution in [1.82, 2.24) is 15.2 Å². The van der Waals surface area contributed by atoms with Crippen LogP contribution in [0.5, 0.6) is 0 Å². The second-order valence-electron chi connectivity index (χ2n) is 6.23. The Morgan fingerprint density at radius 2 is 1.76 bits per heavy atom. The van der Waals surface area contributed by atoms with Crippen molar-refractivity contribution in [2.24, 2.45) is 0 Å². The molecule has 0 saturated heterocycles. The lowest BCUT2D eigenvalue weighted by atomic mass is 10.1. The summed E-state index contributed by atoms with van der Waals surface area (Å²) in [6, 6.07) is 16.3. The monoisotopic (exact) mass is 363 g/mol. The number of hydrogen-bond donors (Lipinski definition) is 1. The van der Waals surface area contributed by atoms with E-state index < -0.39 is 0 Å². The molecular formula is C20H14ClN3S. The van der Waals surface area contributed by atoms with E-state index >= 15 is 0 Å². The highest BCUT2D eigenvalue weighted by Gasteiger charge is 2.27. The van der Waals surface area contributed by atoms with Gasteiger partial charge in [0.2, 0.25) is 0 Å².